The number of nitrogens with one attached hydrogen (secondary N) is 1. The molecule has 0 aromatic heterocycles. The van der Waals surface area contributed by atoms with E-state index in [-0.39, 0.29) is 36.5 Å². The largest absolute Gasteiger partial charge is 0.418 e. The molecule has 0 radical (unpaired) electrons. The molecule has 0 saturated carbocycles. The fraction of sp³-hybridized carbons (Fsp3) is 0.435. The summed E-state index contributed by atoms with van der Waals surface area (Å²) in [5, 5.41) is 2.41. The number of carbonyl (C=O) groups is 1. The van der Waals surface area contributed by atoms with E-state index in [1.165, 1.54) is 16.4 Å². The van der Waals surface area contributed by atoms with Gasteiger partial charge in [0.2, 0.25) is 15.9 Å². The van der Waals surface area contributed by atoms with Crippen LogP contribution in [-0.2, 0) is 21.0 Å². The summed E-state index contributed by atoms with van der Waals surface area (Å²) in [5.41, 5.74) is 0.998. The number of piperidine rings is 1. The summed E-state index contributed by atoms with van der Waals surface area (Å²) in [6, 6.07) is 8.68. The summed E-state index contributed by atoms with van der Waals surface area (Å²) in [7, 11) is -0.435. The first-order chi connectivity index (χ1) is 15.3. The van der Waals surface area contributed by atoms with Crippen LogP contribution in [0.2, 0.25) is 0 Å². The molecular weight excluding hydrogens is 455 g/mol. The smallest absolute Gasteiger partial charge is 0.378 e. The minimum Gasteiger partial charge on any atom is -0.378 e. The van der Waals surface area contributed by atoms with E-state index in [0.29, 0.717) is 5.69 Å². The molecule has 1 amide bonds. The first-order valence-electron chi connectivity index (χ1n) is 10.6. The third kappa shape index (κ3) is 5.50. The number of alkyl halides is 3. The van der Waals surface area contributed by atoms with Gasteiger partial charge in [-0.2, -0.15) is 17.5 Å². The van der Waals surface area contributed by atoms with E-state index < -0.39 is 33.6 Å². The standard InChI is InChI=1S/C23H28F3N3O3S/c1-15-5-7-19(13-16(15)2)33(31,32)29-11-9-17(10-12-29)22(30)27-21-8-6-18(28(3)4)14-20(21)23(24,25)26/h5-8,13-14,17H,9-12H2,1-4H3,(H,27,30). The van der Waals surface area contributed by atoms with Crippen LogP contribution in [0.3, 0.4) is 0 Å². The summed E-state index contributed by atoms with van der Waals surface area (Å²) in [6.07, 6.45) is -4.17. The van der Waals surface area contributed by atoms with Crippen LogP contribution in [0.15, 0.2) is 41.3 Å². The van der Waals surface area contributed by atoms with Crippen molar-refractivity contribution in [2.45, 2.75) is 37.8 Å². The molecule has 0 spiro atoms. The number of benzene rings is 2. The lowest BCUT2D eigenvalue weighted by Gasteiger charge is -2.31. The second kappa shape index (κ2) is 9.34. The van der Waals surface area contributed by atoms with Gasteiger partial charge in [-0.3, -0.25) is 4.79 Å². The average Bonchev–Trinajstić information content (AvgIpc) is 2.75. The molecule has 1 aliphatic heterocycles. The Morgan fingerprint density at radius 1 is 1.03 bits per heavy atom. The number of hydrogen-bond donors (Lipinski definition) is 1. The van der Waals surface area contributed by atoms with Gasteiger partial charge in [0.1, 0.15) is 0 Å². The predicted octanol–water partition coefficient (Wildman–Crippen LogP) is 4.43. The Morgan fingerprint density at radius 3 is 2.21 bits per heavy atom. The quantitative estimate of drug-likeness (QED) is 0.683. The number of nitrogens with zero attached hydrogens (tertiary/aromatic N) is 2. The molecule has 1 heterocycles. The lowest BCUT2D eigenvalue weighted by molar-refractivity contribution is -0.137. The van der Waals surface area contributed by atoms with Gasteiger partial charge in [0, 0.05) is 38.8 Å². The Labute approximate surface area is 192 Å². The molecule has 0 atom stereocenters. The molecule has 1 aliphatic rings. The highest BCUT2D eigenvalue weighted by Crippen LogP contribution is 2.37. The van der Waals surface area contributed by atoms with Crippen LogP contribution in [-0.4, -0.2) is 45.8 Å². The number of amides is 1. The average molecular weight is 484 g/mol. The Kier molecular flexibility index (Phi) is 7.09. The third-order valence-corrected chi connectivity index (χ3v) is 7.92. The van der Waals surface area contributed by atoms with Gasteiger partial charge in [-0.25, -0.2) is 8.42 Å². The van der Waals surface area contributed by atoms with Gasteiger partial charge < -0.3 is 10.2 Å². The molecule has 180 valence electrons. The highest BCUT2D eigenvalue weighted by molar-refractivity contribution is 7.89. The molecule has 1 fully saturated rings. The maximum atomic E-state index is 13.5. The van der Waals surface area contributed by atoms with Crippen LogP contribution in [0.1, 0.15) is 29.5 Å². The summed E-state index contributed by atoms with van der Waals surface area (Å²) in [6.45, 7) is 3.98. The van der Waals surface area contributed by atoms with Crippen LogP contribution >= 0.6 is 0 Å². The molecule has 33 heavy (non-hydrogen) atoms. The maximum absolute atomic E-state index is 13.5. The fourth-order valence-electron chi connectivity index (χ4n) is 3.77. The van der Waals surface area contributed by atoms with Crippen LogP contribution < -0.4 is 10.2 Å². The number of hydrogen-bond acceptors (Lipinski definition) is 4. The number of sulfonamides is 1. The van der Waals surface area contributed by atoms with E-state index in [1.807, 2.05) is 13.8 Å². The van der Waals surface area contributed by atoms with E-state index in [2.05, 4.69) is 5.32 Å². The van der Waals surface area contributed by atoms with Crippen molar-refractivity contribution in [3.8, 4) is 0 Å². The summed E-state index contributed by atoms with van der Waals surface area (Å²) in [4.78, 5) is 14.5. The van der Waals surface area contributed by atoms with E-state index in [1.54, 1.807) is 37.2 Å². The molecule has 1 N–H and O–H groups in total. The fourth-order valence-corrected chi connectivity index (χ4v) is 5.33. The van der Waals surface area contributed by atoms with E-state index in [0.717, 1.165) is 17.2 Å². The maximum Gasteiger partial charge on any atom is 0.418 e. The Bertz CT molecular complexity index is 1140. The highest BCUT2D eigenvalue weighted by atomic mass is 32.2. The van der Waals surface area contributed by atoms with Gasteiger partial charge in [-0.05, 0) is 68.1 Å². The van der Waals surface area contributed by atoms with Crippen molar-refractivity contribution >= 4 is 27.3 Å². The second-order valence-electron chi connectivity index (χ2n) is 8.54. The molecule has 0 bridgehead atoms. The summed E-state index contributed by atoms with van der Waals surface area (Å²) >= 11 is 0. The van der Waals surface area contributed by atoms with Crippen molar-refractivity contribution in [1.82, 2.24) is 4.31 Å². The van der Waals surface area contributed by atoms with Gasteiger partial charge in [0.25, 0.3) is 0 Å². The van der Waals surface area contributed by atoms with E-state index in [4.69, 9.17) is 0 Å². The molecule has 6 nitrogen and oxygen atoms in total. The van der Waals surface area contributed by atoms with Crippen molar-refractivity contribution in [2.24, 2.45) is 5.92 Å². The molecule has 1 saturated heterocycles. The second-order valence-corrected chi connectivity index (χ2v) is 10.5. The SMILES string of the molecule is Cc1ccc(S(=O)(=O)N2CCC(C(=O)Nc3ccc(N(C)C)cc3C(F)(F)F)CC2)cc1C. The number of aryl methyl sites for hydroxylation is 2. The number of anilines is 2. The number of carbonyl (C=O) groups excluding carboxylic acids is 1. The van der Waals surface area contributed by atoms with Gasteiger partial charge in [0.15, 0.2) is 0 Å². The first kappa shape index (κ1) is 25.0. The van der Waals surface area contributed by atoms with Crippen LogP contribution in [0.25, 0.3) is 0 Å². The highest BCUT2D eigenvalue weighted by Gasteiger charge is 2.36. The topological polar surface area (TPSA) is 69.7 Å². The Hall–Kier alpha value is -2.59. The van der Waals surface area contributed by atoms with E-state index in [9.17, 15) is 26.4 Å². The molecule has 0 unspecified atom stereocenters. The normalized spacial score (nSPS) is 16.0. The number of halogens is 3. The van der Waals surface area contributed by atoms with Gasteiger partial charge in [-0.15, -0.1) is 0 Å². The van der Waals surface area contributed by atoms with Crippen LogP contribution in [0.5, 0.6) is 0 Å². The first-order valence-corrected chi connectivity index (χ1v) is 12.0. The minimum absolute atomic E-state index is 0.124. The molecule has 0 aliphatic carbocycles. The lowest BCUT2D eigenvalue weighted by atomic mass is 9.97. The molecule has 2 aromatic rings. The minimum atomic E-state index is -4.63. The summed E-state index contributed by atoms with van der Waals surface area (Å²) in [5.74, 6) is -1.12. The van der Waals surface area contributed by atoms with Crippen molar-refractivity contribution in [2.75, 3.05) is 37.4 Å². The monoisotopic (exact) mass is 483 g/mol. The van der Waals surface area contributed by atoms with Gasteiger partial charge >= 0.3 is 6.18 Å². The summed E-state index contributed by atoms with van der Waals surface area (Å²) < 4.78 is 67.9. The van der Waals surface area contributed by atoms with Crippen molar-refractivity contribution < 1.29 is 26.4 Å². The zero-order chi connectivity index (χ0) is 24.6. The van der Waals surface area contributed by atoms with Crippen LogP contribution in [0, 0.1) is 19.8 Å². The molecular formula is C23H28F3N3O3S. The van der Waals surface area contributed by atoms with Gasteiger partial charge in [0.05, 0.1) is 16.1 Å². The van der Waals surface area contributed by atoms with Crippen molar-refractivity contribution in [3.05, 3.63) is 53.1 Å². The zero-order valence-corrected chi connectivity index (χ0v) is 19.8. The van der Waals surface area contributed by atoms with Crippen molar-refractivity contribution in [1.29, 1.82) is 0 Å². The Morgan fingerprint density at radius 2 is 1.67 bits per heavy atom. The van der Waals surface area contributed by atoms with Gasteiger partial charge in [-0.1, -0.05) is 6.07 Å². The third-order valence-electron chi connectivity index (χ3n) is 6.02. The van der Waals surface area contributed by atoms with Crippen molar-refractivity contribution in [3.63, 3.8) is 0 Å². The molecule has 10 heteroatoms. The lowest BCUT2D eigenvalue weighted by Crippen LogP contribution is -2.41. The Balaban J connectivity index is 1.70. The zero-order valence-electron chi connectivity index (χ0n) is 19.0. The predicted molar refractivity (Wildman–Crippen MR) is 122 cm³/mol. The van der Waals surface area contributed by atoms with E-state index >= 15 is 0 Å². The van der Waals surface area contributed by atoms with Crippen LogP contribution in [0.4, 0.5) is 24.5 Å². The molecule has 3 rings (SSSR count). The number of rotatable bonds is 5. The molecule has 2 aromatic carbocycles.